The van der Waals surface area contributed by atoms with Crippen LogP contribution in [0.15, 0.2) is 0 Å². The molecule has 1 heteroatoms. The van der Waals surface area contributed by atoms with E-state index in [-0.39, 0.29) is 0 Å². The highest BCUT2D eigenvalue weighted by atomic mass is 35.5. The molecule has 3 atom stereocenters. The summed E-state index contributed by atoms with van der Waals surface area (Å²) in [7, 11) is 0. The molecule has 0 saturated heterocycles. The van der Waals surface area contributed by atoms with Gasteiger partial charge in [0.2, 0.25) is 0 Å². The van der Waals surface area contributed by atoms with Crippen LogP contribution in [0.25, 0.3) is 0 Å². The average Bonchev–Trinajstić information content (AvgIpc) is 2.11. The van der Waals surface area contributed by atoms with Crippen LogP contribution >= 0.6 is 11.6 Å². The SMILES string of the molecule is ClC1C[C@H]2CC[C@@H](C1)C2. The third-order valence-electron chi connectivity index (χ3n) is 2.83. The first-order chi connectivity index (χ1) is 4.34. The maximum Gasteiger partial charge on any atom is 0.0341 e. The number of alkyl halides is 1. The first-order valence-corrected chi connectivity index (χ1v) is 4.42. The Morgan fingerprint density at radius 3 is 2.00 bits per heavy atom. The first-order valence-electron chi connectivity index (χ1n) is 3.98. The summed E-state index contributed by atoms with van der Waals surface area (Å²) in [4.78, 5) is 0. The molecule has 0 radical (unpaired) electrons. The third-order valence-corrected chi connectivity index (χ3v) is 3.18. The minimum Gasteiger partial charge on any atom is -0.123 e. The zero-order valence-electron chi connectivity index (χ0n) is 5.65. The van der Waals surface area contributed by atoms with Crippen molar-refractivity contribution in [3.05, 3.63) is 0 Å². The van der Waals surface area contributed by atoms with E-state index in [0.29, 0.717) is 5.38 Å². The molecule has 0 amide bonds. The van der Waals surface area contributed by atoms with Crippen molar-refractivity contribution in [3.8, 4) is 0 Å². The van der Waals surface area contributed by atoms with E-state index in [1.54, 1.807) is 0 Å². The lowest BCUT2D eigenvalue weighted by molar-refractivity contribution is 0.364. The predicted molar refractivity (Wildman–Crippen MR) is 39.7 cm³/mol. The normalized spacial score (nSPS) is 49.7. The highest BCUT2D eigenvalue weighted by Gasteiger charge is 2.32. The Hall–Kier alpha value is 0.290. The average molecular weight is 145 g/mol. The van der Waals surface area contributed by atoms with Crippen LogP contribution in [-0.4, -0.2) is 5.38 Å². The van der Waals surface area contributed by atoms with Gasteiger partial charge in [0.25, 0.3) is 0 Å². The number of hydrogen-bond acceptors (Lipinski definition) is 0. The van der Waals surface area contributed by atoms with Crippen molar-refractivity contribution in [1.29, 1.82) is 0 Å². The summed E-state index contributed by atoms with van der Waals surface area (Å²) >= 11 is 6.05. The summed E-state index contributed by atoms with van der Waals surface area (Å²) in [6.07, 6.45) is 7.03. The lowest BCUT2D eigenvalue weighted by Gasteiger charge is -2.22. The minimum absolute atomic E-state index is 0.524. The molecular formula is C8H13Cl. The molecule has 0 nitrogen and oxygen atoms in total. The molecule has 0 aromatic rings. The highest BCUT2D eigenvalue weighted by molar-refractivity contribution is 6.20. The molecule has 2 fully saturated rings. The molecule has 9 heavy (non-hydrogen) atoms. The van der Waals surface area contributed by atoms with Crippen molar-refractivity contribution < 1.29 is 0 Å². The molecule has 0 heterocycles. The van der Waals surface area contributed by atoms with Crippen molar-refractivity contribution in [3.63, 3.8) is 0 Å². The van der Waals surface area contributed by atoms with E-state index in [1.165, 1.54) is 32.1 Å². The van der Waals surface area contributed by atoms with Gasteiger partial charge in [-0.2, -0.15) is 0 Å². The Kier molecular flexibility index (Phi) is 1.45. The number of rotatable bonds is 0. The van der Waals surface area contributed by atoms with Crippen LogP contribution in [0.3, 0.4) is 0 Å². The molecule has 2 aliphatic carbocycles. The Balaban J connectivity index is 2.03. The molecule has 2 saturated carbocycles. The summed E-state index contributed by atoms with van der Waals surface area (Å²) in [6, 6.07) is 0. The predicted octanol–water partition coefficient (Wildman–Crippen LogP) is 2.80. The van der Waals surface area contributed by atoms with Gasteiger partial charge in [0.05, 0.1) is 0 Å². The molecule has 1 unspecified atom stereocenters. The number of halogens is 1. The second-order valence-corrected chi connectivity index (χ2v) is 4.23. The molecule has 0 N–H and O–H groups in total. The Bertz CT molecular complexity index is 99.1. The maximum atomic E-state index is 6.05. The standard InChI is InChI=1S/C8H13Cl/c9-8-4-6-1-2-7(3-6)5-8/h6-8H,1-5H2/t6-,7+,8?. The van der Waals surface area contributed by atoms with E-state index in [1.807, 2.05) is 0 Å². The van der Waals surface area contributed by atoms with Gasteiger partial charge in [-0.3, -0.25) is 0 Å². The van der Waals surface area contributed by atoms with E-state index in [9.17, 15) is 0 Å². The molecule has 2 rings (SSSR count). The zero-order valence-corrected chi connectivity index (χ0v) is 6.40. The summed E-state index contributed by atoms with van der Waals surface area (Å²) in [5.41, 5.74) is 0. The van der Waals surface area contributed by atoms with E-state index < -0.39 is 0 Å². The molecule has 0 aliphatic heterocycles. The molecule has 2 bridgehead atoms. The van der Waals surface area contributed by atoms with Crippen LogP contribution < -0.4 is 0 Å². The smallest absolute Gasteiger partial charge is 0.0341 e. The van der Waals surface area contributed by atoms with Gasteiger partial charge < -0.3 is 0 Å². The van der Waals surface area contributed by atoms with Crippen LogP contribution in [0.4, 0.5) is 0 Å². The lowest BCUT2D eigenvalue weighted by atomic mass is 9.89. The first kappa shape index (κ1) is 6.03. The Morgan fingerprint density at radius 2 is 1.44 bits per heavy atom. The van der Waals surface area contributed by atoms with Gasteiger partial charge in [-0.05, 0) is 31.1 Å². The van der Waals surface area contributed by atoms with Crippen LogP contribution in [-0.2, 0) is 0 Å². The van der Waals surface area contributed by atoms with Crippen molar-refractivity contribution in [1.82, 2.24) is 0 Å². The highest BCUT2D eigenvalue weighted by Crippen LogP contribution is 2.43. The maximum absolute atomic E-state index is 6.05. The lowest BCUT2D eigenvalue weighted by Crippen LogP contribution is -2.15. The van der Waals surface area contributed by atoms with Gasteiger partial charge in [-0.1, -0.05) is 12.8 Å². The van der Waals surface area contributed by atoms with Gasteiger partial charge in [0, 0.05) is 5.38 Å². The number of fused-ring (bicyclic) bond motifs is 2. The fourth-order valence-corrected chi connectivity index (χ4v) is 2.93. The topological polar surface area (TPSA) is 0 Å². The van der Waals surface area contributed by atoms with Gasteiger partial charge >= 0.3 is 0 Å². The van der Waals surface area contributed by atoms with Gasteiger partial charge in [-0.25, -0.2) is 0 Å². The summed E-state index contributed by atoms with van der Waals surface area (Å²) in [5, 5.41) is 0.524. The van der Waals surface area contributed by atoms with E-state index in [4.69, 9.17) is 11.6 Å². The van der Waals surface area contributed by atoms with E-state index >= 15 is 0 Å². The number of hydrogen-bond donors (Lipinski definition) is 0. The zero-order chi connectivity index (χ0) is 6.27. The fourth-order valence-electron chi connectivity index (χ4n) is 2.43. The summed E-state index contributed by atoms with van der Waals surface area (Å²) in [5.74, 6) is 2.01. The third kappa shape index (κ3) is 1.10. The molecule has 0 aromatic heterocycles. The van der Waals surface area contributed by atoms with Crippen LogP contribution in [0, 0.1) is 11.8 Å². The quantitative estimate of drug-likeness (QED) is 0.459. The van der Waals surface area contributed by atoms with Gasteiger partial charge in [-0.15, -0.1) is 11.6 Å². The summed E-state index contributed by atoms with van der Waals surface area (Å²) in [6.45, 7) is 0. The van der Waals surface area contributed by atoms with E-state index in [2.05, 4.69) is 0 Å². The molecule has 52 valence electrons. The molecule has 0 aromatic carbocycles. The van der Waals surface area contributed by atoms with E-state index in [0.717, 1.165) is 11.8 Å². The molecule has 2 aliphatic rings. The van der Waals surface area contributed by atoms with Crippen molar-refractivity contribution in [2.75, 3.05) is 0 Å². The van der Waals surface area contributed by atoms with Gasteiger partial charge in [0.1, 0.15) is 0 Å². The Morgan fingerprint density at radius 1 is 0.889 bits per heavy atom. The van der Waals surface area contributed by atoms with Crippen LogP contribution in [0.2, 0.25) is 0 Å². The molecular weight excluding hydrogens is 132 g/mol. The second kappa shape index (κ2) is 2.16. The second-order valence-electron chi connectivity index (χ2n) is 3.61. The fraction of sp³-hybridized carbons (Fsp3) is 1.00. The van der Waals surface area contributed by atoms with Crippen molar-refractivity contribution in [2.45, 2.75) is 37.5 Å². The van der Waals surface area contributed by atoms with Crippen molar-refractivity contribution in [2.24, 2.45) is 11.8 Å². The summed E-state index contributed by atoms with van der Waals surface area (Å²) < 4.78 is 0. The Labute approximate surface area is 61.6 Å². The van der Waals surface area contributed by atoms with Crippen LogP contribution in [0.1, 0.15) is 32.1 Å². The largest absolute Gasteiger partial charge is 0.123 e. The monoisotopic (exact) mass is 144 g/mol. The van der Waals surface area contributed by atoms with Gasteiger partial charge in [0.15, 0.2) is 0 Å². The molecule has 0 spiro atoms. The van der Waals surface area contributed by atoms with Crippen molar-refractivity contribution >= 4 is 11.6 Å². The van der Waals surface area contributed by atoms with Crippen LogP contribution in [0.5, 0.6) is 0 Å². The minimum atomic E-state index is 0.524.